The molecule has 1 heterocycles. The van der Waals surface area contributed by atoms with Gasteiger partial charge in [-0.25, -0.2) is 4.98 Å². The third-order valence-electron chi connectivity index (χ3n) is 1.26. The van der Waals surface area contributed by atoms with E-state index in [2.05, 4.69) is 4.98 Å². The number of imidazole rings is 1. The van der Waals surface area contributed by atoms with E-state index < -0.39 is 0 Å². The minimum absolute atomic E-state index is 0.0863. The molecule has 0 saturated heterocycles. The van der Waals surface area contributed by atoms with Crippen LogP contribution in [-0.2, 0) is 11.8 Å². The van der Waals surface area contributed by atoms with Crippen LogP contribution in [-0.4, -0.2) is 21.6 Å². The van der Waals surface area contributed by atoms with Crippen molar-refractivity contribution >= 4 is 12.1 Å². The molecular formula is C7H8N2O2. The fourth-order valence-corrected chi connectivity index (χ4v) is 0.737. The molecule has 4 heteroatoms. The molecule has 0 aliphatic carbocycles. The molecule has 58 valence electrons. The van der Waals surface area contributed by atoms with Crippen LogP contribution in [0.1, 0.15) is 16.9 Å². The van der Waals surface area contributed by atoms with Crippen molar-refractivity contribution in [3.63, 3.8) is 0 Å². The van der Waals surface area contributed by atoms with Gasteiger partial charge in [0, 0.05) is 13.2 Å². The molecule has 0 aliphatic rings. The van der Waals surface area contributed by atoms with Crippen molar-refractivity contribution in [3.8, 4) is 0 Å². The number of rotatable bonds is 3. The molecule has 0 fully saturated rings. The highest BCUT2D eigenvalue weighted by Gasteiger charge is 2.06. The van der Waals surface area contributed by atoms with Gasteiger partial charge in [-0.3, -0.25) is 4.79 Å². The van der Waals surface area contributed by atoms with E-state index in [0.717, 1.165) is 0 Å². The summed E-state index contributed by atoms with van der Waals surface area (Å²) in [6, 6.07) is 0. The Morgan fingerprint density at radius 2 is 2.55 bits per heavy atom. The van der Waals surface area contributed by atoms with Crippen molar-refractivity contribution in [3.05, 3.63) is 18.2 Å². The van der Waals surface area contributed by atoms with Gasteiger partial charge in [-0.15, -0.1) is 0 Å². The molecule has 0 atom stereocenters. The Labute approximate surface area is 63.9 Å². The van der Waals surface area contributed by atoms with E-state index in [1.54, 1.807) is 17.8 Å². The van der Waals surface area contributed by atoms with Crippen LogP contribution in [0.2, 0.25) is 0 Å². The zero-order valence-electron chi connectivity index (χ0n) is 6.15. The highest BCUT2D eigenvalue weighted by atomic mass is 16.1. The van der Waals surface area contributed by atoms with E-state index in [-0.39, 0.29) is 12.2 Å². The molecule has 4 nitrogen and oxygen atoms in total. The van der Waals surface area contributed by atoms with Crippen LogP contribution in [0.4, 0.5) is 0 Å². The quantitative estimate of drug-likeness (QED) is 0.353. The van der Waals surface area contributed by atoms with Gasteiger partial charge in [0.05, 0.1) is 12.7 Å². The lowest BCUT2D eigenvalue weighted by molar-refractivity contribution is -0.107. The van der Waals surface area contributed by atoms with Crippen LogP contribution < -0.4 is 0 Å². The summed E-state index contributed by atoms with van der Waals surface area (Å²) in [5.74, 6) is -0.236. The molecule has 0 unspecified atom stereocenters. The van der Waals surface area contributed by atoms with Crippen molar-refractivity contribution in [2.45, 2.75) is 6.42 Å². The van der Waals surface area contributed by atoms with Crippen molar-refractivity contribution in [1.82, 2.24) is 9.55 Å². The van der Waals surface area contributed by atoms with Crippen LogP contribution in [0.5, 0.6) is 0 Å². The van der Waals surface area contributed by atoms with Gasteiger partial charge in [0.25, 0.3) is 0 Å². The van der Waals surface area contributed by atoms with Crippen LogP contribution in [0.3, 0.4) is 0 Å². The predicted octanol–water partition coefficient (Wildman–Crippen LogP) is 0.192. The van der Waals surface area contributed by atoms with Gasteiger partial charge in [0.15, 0.2) is 5.78 Å². The molecular weight excluding hydrogens is 144 g/mol. The molecule has 0 spiro atoms. The van der Waals surface area contributed by atoms with Crippen molar-refractivity contribution in [2.24, 2.45) is 7.05 Å². The maximum atomic E-state index is 11.0. The number of hydrogen-bond acceptors (Lipinski definition) is 3. The molecule has 0 aliphatic heterocycles. The molecule has 0 bridgehead atoms. The largest absolute Gasteiger partial charge is 0.340 e. The topological polar surface area (TPSA) is 52.0 Å². The zero-order valence-corrected chi connectivity index (χ0v) is 6.15. The minimum Gasteiger partial charge on any atom is -0.340 e. The van der Waals surface area contributed by atoms with Gasteiger partial charge >= 0.3 is 0 Å². The SMILES string of the molecule is Cn1cnc(C(=O)CC=O)c1. The Kier molecular flexibility index (Phi) is 2.15. The van der Waals surface area contributed by atoms with E-state index in [1.165, 1.54) is 6.33 Å². The number of hydrogen-bond donors (Lipinski definition) is 0. The van der Waals surface area contributed by atoms with Crippen molar-refractivity contribution in [2.75, 3.05) is 0 Å². The third-order valence-corrected chi connectivity index (χ3v) is 1.26. The summed E-state index contributed by atoms with van der Waals surface area (Å²) in [5, 5.41) is 0. The van der Waals surface area contributed by atoms with E-state index >= 15 is 0 Å². The smallest absolute Gasteiger partial charge is 0.189 e. The fourth-order valence-electron chi connectivity index (χ4n) is 0.737. The summed E-state index contributed by atoms with van der Waals surface area (Å²) in [6.45, 7) is 0. The Balaban J connectivity index is 2.76. The Bertz CT molecular complexity index is 278. The lowest BCUT2D eigenvalue weighted by Crippen LogP contribution is -1.99. The third kappa shape index (κ3) is 1.73. The Morgan fingerprint density at radius 3 is 3.00 bits per heavy atom. The summed E-state index contributed by atoms with van der Waals surface area (Å²) >= 11 is 0. The first-order chi connectivity index (χ1) is 5.24. The van der Waals surface area contributed by atoms with Gasteiger partial charge in [-0.05, 0) is 0 Å². The van der Waals surface area contributed by atoms with E-state index in [9.17, 15) is 9.59 Å². The highest BCUT2D eigenvalue weighted by molar-refractivity contribution is 6.01. The first-order valence-electron chi connectivity index (χ1n) is 3.19. The number of aldehydes is 1. The first-order valence-corrected chi connectivity index (χ1v) is 3.19. The number of nitrogens with zero attached hydrogens (tertiary/aromatic N) is 2. The molecule has 0 amide bonds. The maximum absolute atomic E-state index is 11.0. The number of ketones is 1. The standard InChI is InChI=1S/C7H8N2O2/c1-9-4-6(8-5-9)7(11)2-3-10/h3-5H,2H2,1H3. The van der Waals surface area contributed by atoms with Gasteiger partial charge in [0.1, 0.15) is 12.0 Å². The van der Waals surface area contributed by atoms with Gasteiger partial charge in [-0.1, -0.05) is 0 Å². The molecule has 0 N–H and O–H groups in total. The van der Waals surface area contributed by atoms with Gasteiger partial charge in [0.2, 0.25) is 0 Å². The second-order valence-electron chi connectivity index (χ2n) is 2.22. The highest BCUT2D eigenvalue weighted by Crippen LogP contribution is 1.97. The number of aryl methyl sites for hydroxylation is 1. The lowest BCUT2D eigenvalue weighted by Gasteiger charge is -1.86. The average Bonchev–Trinajstić information content (AvgIpc) is 2.36. The Morgan fingerprint density at radius 1 is 1.82 bits per heavy atom. The van der Waals surface area contributed by atoms with E-state index in [0.29, 0.717) is 12.0 Å². The minimum atomic E-state index is -0.236. The number of Topliss-reactive ketones (excluding diaryl/α,β-unsaturated/α-hetero) is 1. The summed E-state index contributed by atoms with van der Waals surface area (Å²) in [6.07, 6.45) is 3.61. The molecule has 1 rings (SSSR count). The second-order valence-corrected chi connectivity index (χ2v) is 2.22. The second kappa shape index (κ2) is 3.09. The normalized spacial score (nSPS) is 9.55. The van der Waals surface area contributed by atoms with Crippen molar-refractivity contribution in [1.29, 1.82) is 0 Å². The molecule has 0 aromatic carbocycles. The summed E-state index contributed by atoms with van der Waals surface area (Å²) in [5.41, 5.74) is 0.347. The number of carbonyl (C=O) groups excluding carboxylic acids is 2. The Hall–Kier alpha value is -1.45. The van der Waals surface area contributed by atoms with Gasteiger partial charge < -0.3 is 9.36 Å². The average molecular weight is 152 g/mol. The van der Waals surface area contributed by atoms with Crippen LogP contribution in [0, 0.1) is 0 Å². The van der Waals surface area contributed by atoms with Crippen molar-refractivity contribution < 1.29 is 9.59 Å². The molecule has 11 heavy (non-hydrogen) atoms. The zero-order chi connectivity index (χ0) is 8.27. The van der Waals surface area contributed by atoms with Crippen LogP contribution in [0.15, 0.2) is 12.5 Å². The lowest BCUT2D eigenvalue weighted by atomic mass is 10.2. The van der Waals surface area contributed by atoms with Crippen LogP contribution in [0.25, 0.3) is 0 Å². The first kappa shape index (κ1) is 7.65. The van der Waals surface area contributed by atoms with E-state index in [4.69, 9.17) is 0 Å². The molecule has 0 saturated carbocycles. The summed E-state index contributed by atoms with van der Waals surface area (Å²) in [7, 11) is 1.77. The summed E-state index contributed by atoms with van der Waals surface area (Å²) < 4.78 is 1.66. The number of carbonyl (C=O) groups is 2. The van der Waals surface area contributed by atoms with Crippen LogP contribution >= 0.6 is 0 Å². The van der Waals surface area contributed by atoms with Gasteiger partial charge in [-0.2, -0.15) is 0 Å². The maximum Gasteiger partial charge on any atom is 0.189 e. The molecule has 0 radical (unpaired) electrons. The predicted molar refractivity (Wildman–Crippen MR) is 38.2 cm³/mol. The molecule has 1 aromatic rings. The molecule has 1 aromatic heterocycles. The summed E-state index contributed by atoms with van der Waals surface area (Å²) in [4.78, 5) is 24.7. The number of aromatic nitrogens is 2. The van der Waals surface area contributed by atoms with E-state index in [1.807, 2.05) is 0 Å². The fraction of sp³-hybridized carbons (Fsp3) is 0.286. The monoisotopic (exact) mass is 152 g/mol.